The van der Waals surface area contributed by atoms with Crippen molar-refractivity contribution in [3.8, 4) is 0 Å². The number of aliphatic hydroxyl groups excluding tert-OH is 2. The molecule has 0 spiro atoms. The van der Waals surface area contributed by atoms with Crippen LogP contribution >= 0.6 is 34.8 Å². The number of nitrogens with one attached hydrogen (secondary N) is 1. The van der Waals surface area contributed by atoms with Crippen LogP contribution in [-0.2, 0) is 0 Å². The van der Waals surface area contributed by atoms with Crippen LogP contribution in [0.1, 0.15) is 11.7 Å². The zero-order valence-corrected chi connectivity index (χ0v) is 10.8. The summed E-state index contributed by atoms with van der Waals surface area (Å²) in [6.07, 6.45) is -2.06. The molecule has 0 fully saturated rings. The zero-order chi connectivity index (χ0) is 12.3. The van der Waals surface area contributed by atoms with Gasteiger partial charge in [0.1, 0.15) is 6.10 Å². The lowest BCUT2D eigenvalue weighted by Gasteiger charge is -2.19. The number of aliphatic hydroxyl groups is 2. The van der Waals surface area contributed by atoms with E-state index in [0.29, 0.717) is 10.6 Å². The summed E-state index contributed by atoms with van der Waals surface area (Å²) in [4.78, 5) is 0. The molecule has 0 aliphatic carbocycles. The van der Waals surface area contributed by atoms with E-state index < -0.39 is 12.2 Å². The fraction of sp³-hybridized carbons (Fsp3) is 0.400. The monoisotopic (exact) mass is 283 g/mol. The molecule has 3 N–H and O–H groups in total. The lowest BCUT2D eigenvalue weighted by molar-refractivity contribution is 0.0203. The summed E-state index contributed by atoms with van der Waals surface area (Å²) in [5.74, 6) is 0. The van der Waals surface area contributed by atoms with Gasteiger partial charge in [-0.2, -0.15) is 0 Å². The first-order chi connectivity index (χ1) is 7.47. The molecule has 2 unspecified atom stereocenters. The predicted molar refractivity (Wildman–Crippen MR) is 66.4 cm³/mol. The SMILES string of the molecule is CNCC(O)C(O)c1cc(Cl)c(Cl)cc1Cl. The van der Waals surface area contributed by atoms with Crippen LogP contribution in [0.2, 0.25) is 15.1 Å². The molecule has 0 saturated heterocycles. The third kappa shape index (κ3) is 3.23. The molecule has 0 aliphatic heterocycles. The van der Waals surface area contributed by atoms with E-state index >= 15 is 0 Å². The molecule has 0 amide bonds. The molecule has 0 aromatic heterocycles. The van der Waals surface area contributed by atoms with Crippen molar-refractivity contribution in [1.82, 2.24) is 5.32 Å². The first-order valence-corrected chi connectivity index (χ1v) is 5.76. The van der Waals surface area contributed by atoms with Crippen molar-refractivity contribution in [1.29, 1.82) is 0 Å². The molecule has 2 atom stereocenters. The lowest BCUT2D eigenvalue weighted by Crippen LogP contribution is -2.29. The average molecular weight is 285 g/mol. The number of rotatable bonds is 4. The molecule has 90 valence electrons. The number of benzene rings is 1. The van der Waals surface area contributed by atoms with Crippen molar-refractivity contribution in [2.45, 2.75) is 12.2 Å². The molecule has 0 aliphatic rings. The van der Waals surface area contributed by atoms with Crippen molar-refractivity contribution in [3.05, 3.63) is 32.8 Å². The van der Waals surface area contributed by atoms with E-state index in [1.807, 2.05) is 0 Å². The van der Waals surface area contributed by atoms with E-state index in [1.165, 1.54) is 12.1 Å². The molecule has 1 rings (SSSR count). The molecule has 16 heavy (non-hydrogen) atoms. The largest absolute Gasteiger partial charge is 0.389 e. The van der Waals surface area contributed by atoms with Crippen molar-refractivity contribution in [2.24, 2.45) is 0 Å². The van der Waals surface area contributed by atoms with E-state index in [1.54, 1.807) is 7.05 Å². The molecule has 0 radical (unpaired) electrons. The van der Waals surface area contributed by atoms with Gasteiger partial charge in [0, 0.05) is 17.1 Å². The van der Waals surface area contributed by atoms with Crippen LogP contribution in [-0.4, -0.2) is 29.9 Å². The molecule has 1 aromatic rings. The van der Waals surface area contributed by atoms with Crippen molar-refractivity contribution < 1.29 is 10.2 Å². The third-order valence-electron chi connectivity index (χ3n) is 2.14. The van der Waals surface area contributed by atoms with Gasteiger partial charge in [0.25, 0.3) is 0 Å². The second-order valence-corrected chi connectivity index (χ2v) is 4.58. The molecular formula is C10H12Cl3NO2. The summed E-state index contributed by atoms with van der Waals surface area (Å²) in [5, 5.41) is 23.1. The van der Waals surface area contributed by atoms with Gasteiger partial charge in [-0.3, -0.25) is 0 Å². The van der Waals surface area contributed by atoms with Crippen LogP contribution in [0.5, 0.6) is 0 Å². The van der Waals surface area contributed by atoms with E-state index in [9.17, 15) is 10.2 Å². The zero-order valence-electron chi connectivity index (χ0n) is 8.54. The maximum Gasteiger partial charge on any atom is 0.108 e. The smallest absolute Gasteiger partial charge is 0.108 e. The third-order valence-corrected chi connectivity index (χ3v) is 3.19. The topological polar surface area (TPSA) is 52.5 Å². The van der Waals surface area contributed by atoms with Gasteiger partial charge >= 0.3 is 0 Å². The van der Waals surface area contributed by atoms with Crippen molar-refractivity contribution >= 4 is 34.8 Å². The summed E-state index contributed by atoms with van der Waals surface area (Å²) < 4.78 is 0. The molecule has 0 heterocycles. The van der Waals surface area contributed by atoms with Crippen LogP contribution in [0.15, 0.2) is 12.1 Å². The molecule has 0 bridgehead atoms. The van der Waals surface area contributed by atoms with E-state index in [2.05, 4.69) is 5.32 Å². The summed E-state index contributed by atoms with van der Waals surface area (Å²) in [7, 11) is 1.67. The Morgan fingerprint density at radius 1 is 1.12 bits per heavy atom. The molecule has 3 nitrogen and oxygen atoms in total. The highest BCUT2D eigenvalue weighted by Crippen LogP contribution is 2.33. The van der Waals surface area contributed by atoms with Gasteiger partial charge in [0.05, 0.1) is 16.1 Å². The van der Waals surface area contributed by atoms with E-state index in [0.717, 1.165) is 0 Å². The minimum absolute atomic E-state index is 0.248. The van der Waals surface area contributed by atoms with E-state index in [4.69, 9.17) is 34.8 Å². The van der Waals surface area contributed by atoms with Gasteiger partial charge in [-0.25, -0.2) is 0 Å². The highest BCUT2D eigenvalue weighted by molar-refractivity contribution is 6.43. The lowest BCUT2D eigenvalue weighted by atomic mass is 10.0. The van der Waals surface area contributed by atoms with Gasteiger partial charge in [-0.1, -0.05) is 34.8 Å². The minimum atomic E-state index is -1.10. The minimum Gasteiger partial charge on any atom is -0.389 e. The Hall–Kier alpha value is -0.0300. The van der Waals surface area contributed by atoms with Crippen molar-refractivity contribution in [2.75, 3.05) is 13.6 Å². The molecule has 1 aromatic carbocycles. The Morgan fingerprint density at radius 2 is 1.69 bits per heavy atom. The van der Waals surface area contributed by atoms with Gasteiger partial charge in [-0.05, 0) is 19.2 Å². The molecule has 0 saturated carbocycles. The van der Waals surface area contributed by atoms with Gasteiger partial charge < -0.3 is 15.5 Å². The highest BCUT2D eigenvalue weighted by atomic mass is 35.5. The maximum absolute atomic E-state index is 9.84. The second-order valence-electron chi connectivity index (χ2n) is 3.36. The standard InChI is InChI=1S/C10H12Cl3NO2/c1-14-4-9(15)10(16)5-2-7(12)8(13)3-6(5)11/h2-3,9-10,14-16H,4H2,1H3. The summed E-state index contributed by atoms with van der Waals surface area (Å²) in [5.41, 5.74) is 0.360. The van der Waals surface area contributed by atoms with E-state index in [-0.39, 0.29) is 16.6 Å². The summed E-state index contributed by atoms with van der Waals surface area (Å²) in [6.45, 7) is 0.248. The predicted octanol–water partition coefficient (Wildman–Crippen LogP) is 2.26. The fourth-order valence-corrected chi connectivity index (χ4v) is 1.96. The first kappa shape index (κ1) is 14.0. The second kappa shape index (κ2) is 6.05. The number of hydrogen-bond acceptors (Lipinski definition) is 3. The van der Waals surface area contributed by atoms with Crippen LogP contribution in [0.3, 0.4) is 0 Å². The average Bonchev–Trinajstić information content (AvgIpc) is 2.23. The van der Waals surface area contributed by atoms with Gasteiger partial charge in [0.15, 0.2) is 0 Å². The highest BCUT2D eigenvalue weighted by Gasteiger charge is 2.21. The number of likely N-dealkylation sites (N-methyl/N-ethyl adjacent to an activating group) is 1. The number of hydrogen-bond donors (Lipinski definition) is 3. The molecular weight excluding hydrogens is 272 g/mol. The van der Waals surface area contributed by atoms with Crippen LogP contribution in [0, 0.1) is 0 Å². The van der Waals surface area contributed by atoms with Crippen molar-refractivity contribution in [3.63, 3.8) is 0 Å². The first-order valence-electron chi connectivity index (χ1n) is 4.62. The Morgan fingerprint density at radius 3 is 2.25 bits per heavy atom. The summed E-state index contributed by atoms with van der Waals surface area (Å²) >= 11 is 17.5. The maximum atomic E-state index is 9.84. The normalized spacial score (nSPS) is 14.9. The molecule has 6 heteroatoms. The number of halogens is 3. The quantitative estimate of drug-likeness (QED) is 0.744. The summed E-state index contributed by atoms with van der Waals surface area (Å²) in [6, 6.07) is 2.89. The Bertz CT molecular complexity index is 373. The van der Waals surface area contributed by atoms with Gasteiger partial charge in [-0.15, -0.1) is 0 Å². The Kier molecular flexibility index (Phi) is 5.31. The fourth-order valence-electron chi connectivity index (χ4n) is 1.29. The van der Waals surface area contributed by atoms with Crippen LogP contribution < -0.4 is 5.32 Å². The Labute approximate surface area is 109 Å². The van der Waals surface area contributed by atoms with Crippen LogP contribution in [0.25, 0.3) is 0 Å². The Balaban J connectivity index is 2.99. The van der Waals surface area contributed by atoms with Gasteiger partial charge in [0.2, 0.25) is 0 Å². The van der Waals surface area contributed by atoms with Crippen LogP contribution in [0.4, 0.5) is 0 Å².